The summed E-state index contributed by atoms with van der Waals surface area (Å²) in [6.45, 7) is 7.00. The third kappa shape index (κ3) is 3.80. The Kier molecular flexibility index (Phi) is 5.57. The molecular weight excluding hydrogens is 370 g/mol. The van der Waals surface area contributed by atoms with E-state index in [2.05, 4.69) is 0 Å². The van der Waals surface area contributed by atoms with Gasteiger partial charge < -0.3 is 14.7 Å². The normalized spacial score (nSPS) is 18.0. The van der Waals surface area contributed by atoms with E-state index in [1.807, 2.05) is 26.0 Å². The van der Waals surface area contributed by atoms with Crippen LogP contribution in [-0.4, -0.2) is 35.7 Å². The number of hydrogen-bond donors (Lipinski definition) is 1. The summed E-state index contributed by atoms with van der Waals surface area (Å²) in [7, 11) is 0. The topological polar surface area (TPSA) is 83.9 Å². The molecule has 2 aromatic carbocycles. The van der Waals surface area contributed by atoms with Gasteiger partial charge in [-0.2, -0.15) is 0 Å². The zero-order valence-corrected chi connectivity index (χ0v) is 17.1. The Hall–Kier alpha value is -2.99. The standard InChI is InChI=1S/C23H25NO5/c1-14-5-6-15(2)21-20(14)23(28,13-16(3)25)22(27)24(21)11-12-29-19-9-7-18(8-10-19)17(4)26/h5-10,28H,11-13H2,1-4H3. The SMILES string of the molecule is CC(=O)CC1(O)C(=O)N(CCOc2ccc(C(C)=O)cc2)c2c(C)ccc(C)c21. The van der Waals surface area contributed by atoms with Gasteiger partial charge in [0.15, 0.2) is 11.4 Å². The van der Waals surface area contributed by atoms with Crippen molar-refractivity contribution in [3.8, 4) is 5.75 Å². The molecule has 29 heavy (non-hydrogen) atoms. The maximum absolute atomic E-state index is 13.1. The van der Waals surface area contributed by atoms with Crippen LogP contribution in [0.15, 0.2) is 36.4 Å². The van der Waals surface area contributed by atoms with Crippen LogP contribution in [0, 0.1) is 13.8 Å². The number of ether oxygens (including phenoxy) is 1. The van der Waals surface area contributed by atoms with Crippen LogP contribution in [0.2, 0.25) is 0 Å². The molecule has 1 aliphatic rings. The fraction of sp³-hybridized carbons (Fsp3) is 0.348. The third-order valence-corrected chi connectivity index (χ3v) is 5.22. The number of rotatable bonds is 7. The van der Waals surface area contributed by atoms with Gasteiger partial charge in [-0.3, -0.25) is 14.4 Å². The van der Waals surface area contributed by atoms with Gasteiger partial charge >= 0.3 is 0 Å². The Labute approximate surface area is 170 Å². The number of fused-ring (bicyclic) bond motifs is 1. The smallest absolute Gasteiger partial charge is 0.264 e. The minimum Gasteiger partial charge on any atom is -0.492 e. The van der Waals surface area contributed by atoms with Gasteiger partial charge in [-0.05, 0) is 63.1 Å². The second-order valence-corrected chi connectivity index (χ2v) is 7.55. The summed E-state index contributed by atoms with van der Waals surface area (Å²) in [6, 6.07) is 10.5. The van der Waals surface area contributed by atoms with Crippen LogP contribution in [0.4, 0.5) is 5.69 Å². The molecule has 1 aliphatic heterocycles. The van der Waals surface area contributed by atoms with E-state index in [0.717, 1.165) is 11.1 Å². The predicted octanol–water partition coefficient (Wildman–Crippen LogP) is 3.10. The van der Waals surface area contributed by atoms with E-state index in [9.17, 15) is 19.5 Å². The van der Waals surface area contributed by atoms with Gasteiger partial charge in [0, 0.05) is 17.5 Å². The van der Waals surface area contributed by atoms with Crippen LogP contribution in [0.1, 0.15) is 47.3 Å². The van der Waals surface area contributed by atoms with Crippen LogP contribution in [0.3, 0.4) is 0 Å². The summed E-state index contributed by atoms with van der Waals surface area (Å²) in [4.78, 5) is 37.7. The van der Waals surface area contributed by atoms with Crippen molar-refractivity contribution < 1.29 is 24.2 Å². The number of Topliss-reactive ketones (excluding diaryl/α,β-unsaturated/α-hetero) is 2. The second-order valence-electron chi connectivity index (χ2n) is 7.55. The summed E-state index contributed by atoms with van der Waals surface area (Å²) in [5.41, 5.74) is 1.52. The van der Waals surface area contributed by atoms with Gasteiger partial charge in [0.05, 0.1) is 12.2 Å². The molecule has 0 bridgehead atoms. The van der Waals surface area contributed by atoms with E-state index in [-0.39, 0.29) is 31.1 Å². The molecule has 6 nitrogen and oxygen atoms in total. The molecule has 2 aromatic rings. The molecule has 1 unspecified atom stereocenters. The van der Waals surface area contributed by atoms with Gasteiger partial charge in [-0.15, -0.1) is 0 Å². The van der Waals surface area contributed by atoms with Crippen molar-refractivity contribution in [1.82, 2.24) is 0 Å². The first-order chi connectivity index (χ1) is 13.6. The van der Waals surface area contributed by atoms with Crippen molar-refractivity contribution in [2.75, 3.05) is 18.1 Å². The largest absolute Gasteiger partial charge is 0.492 e. The zero-order chi connectivity index (χ0) is 21.3. The number of aryl methyl sites for hydroxylation is 2. The molecule has 0 saturated carbocycles. The van der Waals surface area contributed by atoms with Crippen molar-refractivity contribution in [3.63, 3.8) is 0 Å². The summed E-state index contributed by atoms with van der Waals surface area (Å²) >= 11 is 0. The molecule has 0 saturated heterocycles. The molecule has 152 valence electrons. The molecule has 1 N–H and O–H groups in total. The number of carbonyl (C=O) groups excluding carboxylic acids is 3. The van der Waals surface area contributed by atoms with E-state index in [0.29, 0.717) is 22.6 Å². The highest BCUT2D eigenvalue weighted by Gasteiger charge is 2.51. The highest BCUT2D eigenvalue weighted by Crippen LogP contribution is 2.46. The summed E-state index contributed by atoms with van der Waals surface area (Å²) in [5.74, 6) is -0.194. The number of aliphatic hydroxyl groups is 1. The molecule has 6 heteroatoms. The molecule has 1 heterocycles. The lowest BCUT2D eigenvalue weighted by Crippen LogP contribution is -2.43. The monoisotopic (exact) mass is 395 g/mol. The van der Waals surface area contributed by atoms with Gasteiger partial charge in [0.1, 0.15) is 18.1 Å². The number of ketones is 2. The van der Waals surface area contributed by atoms with E-state index in [1.165, 1.54) is 18.7 Å². The summed E-state index contributed by atoms with van der Waals surface area (Å²) < 4.78 is 5.73. The van der Waals surface area contributed by atoms with Crippen LogP contribution in [0.25, 0.3) is 0 Å². The number of benzene rings is 2. The number of anilines is 1. The molecule has 0 fully saturated rings. The summed E-state index contributed by atoms with van der Waals surface area (Å²) in [5, 5.41) is 11.2. The molecule has 1 atom stereocenters. The fourth-order valence-electron chi connectivity index (χ4n) is 3.88. The van der Waals surface area contributed by atoms with Gasteiger partial charge in [0.2, 0.25) is 0 Å². The fourth-order valence-corrected chi connectivity index (χ4v) is 3.88. The first-order valence-electron chi connectivity index (χ1n) is 9.53. The Bertz CT molecular complexity index is 980. The van der Waals surface area contributed by atoms with E-state index in [1.54, 1.807) is 24.3 Å². The highest BCUT2D eigenvalue weighted by molar-refractivity contribution is 6.09. The molecule has 0 aliphatic carbocycles. The Balaban J connectivity index is 1.83. The van der Waals surface area contributed by atoms with E-state index < -0.39 is 11.5 Å². The first kappa shape index (κ1) is 20.7. The molecule has 0 spiro atoms. The molecule has 0 radical (unpaired) electrons. The lowest BCUT2D eigenvalue weighted by molar-refractivity contribution is -0.141. The molecular formula is C23H25NO5. The average Bonchev–Trinajstić information content (AvgIpc) is 2.87. The van der Waals surface area contributed by atoms with Crippen molar-refractivity contribution in [2.45, 2.75) is 39.7 Å². The molecule has 3 rings (SSSR count). The quantitative estimate of drug-likeness (QED) is 0.729. The van der Waals surface area contributed by atoms with Gasteiger partial charge in [-0.25, -0.2) is 0 Å². The molecule has 1 amide bonds. The van der Waals surface area contributed by atoms with Gasteiger partial charge in [0.25, 0.3) is 5.91 Å². The maximum atomic E-state index is 13.1. The Morgan fingerprint density at radius 3 is 2.24 bits per heavy atom. The summed E-state index contributed by atoms with van der Waals surface area (Å²) in [6.07, 6.45) is -0.257. The number of hydrogen-bond acceptors (Lipinski definition) is 5. The van der Waals surface area contributed by atoms with Crippen LogP contribution in [-0.2, 0) is 15.2 Å². The molecule has 0 aromatic heterocycles. The average molecular weight is 395 g/mol. The number of amides is 1. The third-order valence-electron chi connectivity index (χ3n) is 5.22. The van der Waals surface area contributed by atoms with E-state index >= 15 is 0 Å². The number of nitrogens with zero attached hydrogens (tertiary/aromatic N) is 1. The second kappa shape index (κ2) is 7.79. The Morgan fingerprint density at radius 1 is 1.03 bits per heavy atom. The predicted molar refractivity (Wildman–Crippen MR) is 109 cm³/mol. The lowest BCUT2D eigenvalue weighted by Gasteiger charge is -2.22. The minimum atomic E-state index is -1.85. The van der Waals surface area contributed by atoms with Crippen molar-refractivity contribution >= 4 is 23.2 Å². The van der Waals surface area contributed by atoms with Crippen LogP contribution in [0.5, 0.6) is 5.75 Å². The van der Waals surface area contributed by atoms with Crippen molar-refractivity contribution in [3.05, 3.63) is 58.7 Å². The maximum Gasteiger partial charge on any atom is 0.264 e. The lowest BCUT2D eigenvalue weighted by atomic mass is 9.86. The zero-order valence-electron chi connectivity index (χ0n) is 17.1. The van der Waals surface area contributed by atoms with Crippen LogP contribution >= 0.6 is 0 Å². The highest BCUT2D eigenvalue weighted by atomic mass is 16.5. The van der Waals surface area contributed by atoms with E-state index in [4.69, 9.17) is 4.74 Å². The Morgan fingerprint density at radius 2 is 1.66 bits per heavy atom. The van der Waals surface area contributed by atoms with Crippen molar-refractivity contribution in [1.29, 1.82) is 0 Å². The van der Waals surface area contributed by atoms with Crippen LogP contribution < -0.4 is 9.64 Å². The minimum absolute atomic E-state index is 0.0218. The number of carbonyl (C=O) groups is 3. The van der Waals surface area contributed by atoms with Gasteiger partial charge in [-0.1, -0.05) is 12.1 Å². The van der Waals surface area contributed by atoms with Crippen molar-refractivity contribution in [2.24, 2.45) is 0 Å². The first-order valence-corrected chi connectivity index (χ1v) is 9.53.